The number of nitrogens with one attached hydrogen (secondary N) is 1. The summed E-state index contributed by atoms with van der Waals surface area (Å²) in [6.45, 7) is 0. The van der Waals surface area contributed by atoms with Gasteiger partial charge < -0.3 is 38.5 Å². The molecule has 3 aromatic rings. The summed E-state index contributed by atoms with van der Waals surface area (Å²) in [5.41, 5.74) is 2.91. The lowest BCUT2D eigenvalue weighted by Crippen LogP contribution is -2.09. The summed E-state index contributed by atoms with van der Waals surface area (Å²) in [7, 11) is 10.8. The van der Waals surface area contributed by atoms with E-state index in [9.17, 15) is 4.79 Å². The Morgan fingerprint density at radius 1 is 0.538 bits per heavy atom. The first kappa shape index (κ1) is 28.8. The molecule has 0 aliphatic carbocycles. The molecule has 3 rings (SSSR count). The Balaban J connectivity index is 1.83. The van der Waals surface area contributed by atoms with Crippen LogP contribution in [-0.4, -0.2) is 55.7 Å². The molecule has 0 aliphatic rings. The van der Waals surface area contributed by atoms with Gasteiger partial charge in [-0.25, -0.2) is 0 Å². The van der Waals surface area contributed by atoms with Crippen molar-refractivity contribution in [1.29, 1.82) is 0 Å². The van der Waals surface area contributed by atoms with Crippen LogP contribution in [0.4, 0.5) is 5.69 Å². The Morgan fingerprint density at radius 2 is 0.974 bits per heavy atom. The minimum atomic E-state index is -0.340. The Morgan fingerprint density at radius 3 is 1.41 bits per heavy atom. The van der Waals surface area contributed by atoms with Gasteiger partial charge in [0.2, 0.25) is 17.4 Å². The van der Waals surface area contributed by atoms with Crippen molar-refractivity contribution in [3.8, 4) is 40.2 Å². The number of anilines is 1. The molecule has 0 aliphatic heterocycles. The highest BCUT2D eigenvalue weighted by molar-refractivity contribution is 6.03. The molecule has 0 heterocycles. The molecule has 9 nitrogen and oxygen atoms in total. The van der Waals surface area contributed by atoms with Crippen molar-refractivity contribution in [2.75, 3.05) is 55.1 Å². The van der Waals surface area contributed by atoms with E-state index in [4.69, 9.17) is 33.2 Å². The molecule has 0 bridgehead atoms. The molecule has 9 heteroatoms. The summed E-state index contributed by atoms with van der Waals surface area (Å²) in [6.07, 6.45) is 6.88. The SMILES string of the molecule is COc1ccc(C=Cc2cc(OC)c(OC)c(OC)c2)cc1NC(=O)/C=C/c1cc(OC)c(OC)c(OC)c1. The number of amides is 1. The zero-order valence-corrected chi connectivity index (χ0v) is 23.1. The van der Waals surface area contributed by atoms with Gasteiger partial charge in [0.15, 0.2) is 23.0 Å². The molecule has 0 atom stereocenters. The van der Waals surface area contributed by atoms with E-state index in [0.29, 0.717) is 51.5 Å². The highest BCUT2D eigenvalue weighted by Crippen LogP contribution is 2.39. The van der Waals surface area contributed by atoms with Gasteiger partial charge in [-0.05, 0) is 59.2 Å². The second-order valence-corrected chi connectivity index (χ2v) is 8.03. The number of carbonyl (C=O) groups is 1. The van der Waals surface area contributed by atoms with E-state index in [0.717, 1.165) is 11.1 Å². The third kappa shape index (κ3) is 6.95. The molecule has 39 heavy (non-hydrogen) atoms. The first-order chi connectivity index (χ1) is 18.9. The maximum Gasteiger partial charge on any atom is 0.248 e. The van der Waals surface area contributed by atoms with Gasteiger partial charge in [-0.2, -0.15) is 0 Å². The predicted octanol–water partition coefficient (Wildman–Crippen LogP) is 5.57. The van der Waals surface area contributed by atoms with Crippen LogP contribution in [0.1, 0.15) is 16.7 Å². The maximum atomic E-state index is 12.8. The fourth-order valence-electron chi connectivity index (χ4n) is 3.86. The summed E-state index contributed by atoms with van der Waals surface area (Å²) in [4.78, 5) is 12.8. The molecule has 0 saturated carbocycles. The van der Waals surface area contributed by atoms with Crippen LogP contribution in [0.3, 0.4) is 0 Å². The minimum Gasteiger partial charge on any atom is -0.495 e. The van der Waals surface area contributed by atoms with Crippen molar-refractivity contribution in [1.82, 2.24) is 0 Å². The van der Waals surface area contributed by atoms with Crippen LogP contribution in [0.25, 0.3) is 18.2 Å². The normalized spacial score (nSPS) is 10.8. The van der Waals surface area contributed by atoms with E-state index in [1.807, 2.05) is 36.4 Å². The van der Waals surface area contributed by atoms with E-state index in [-0.39, 0.29) is 5.91 Å². The highest BCUT2D eigenvalue weighted by Gasteiger charge is 2.14. The topological polar surface area (TPSA) is 93.7 Å². The summed E-state index contributed by atoms with van der Waals surface area (Å²) in [5, 5.41) is 2.87. The Kier molecular flexibility index (Phi) is 10.1. The van der Waals surface area contributed by atoms with Crippen LogP contribution in [0, 0.1) is 0 Å². The molecule has 1 amide bonds. The lowest BCUT2D eigenvalue weighted by molar-refractivity contribution is -0.111. The second kappa shape index (κ2) is 13.7. The zero-order chi connectivity index (χ0) is 28.4. The monoisotopic (exact) mass is 535 g/mol. The fourth-order valence-corrected chi connectivity index (χ4v) is 3.86. The number of benzene rings is 3. The van der Waals surface area contributed by atoms with Gasteiger partial charge in [0.25, 0.3) is 0 Å². The van der Waals surface area contributed by atoms with Gasteiger partial charge >= 0.3 is 0 Å². The van der Waals surface area contributed by atoms with Crippen molar-refractivity contribution < 1.29 is 38.0 Å². The molecule has 0 fully saturated rings. The Bertz CT molecular complexity index is 1310. The fraction of sp³-hybridized carbons (Fsp3) is 0.233. The van der Waals surface area contributed by atoms with Gasteiger partial charge in [0.1, 0.15) is 5.75 Å². The number of methoxy groups -OCH3 is 7. The maximum absolute atomic E-state index is 12.8. The molecule has 0 radical (unpaired) electrons. The first-order valence-electron chi connectivity index (χ1n) is 11.9. The predicted molar refractivity (Wildman–Crippen MR) is 152 cm³/mol. The number of carbonyl (C=O) groups excluding carboxylic acids is 1. The summed E-state index contributed by atoms with van der Waals surface area (Å²) >= 11 is 0. The lowest BCUT2D eigenvalue weighted by Gasteiger charge is -2.13. The van der Waals surface area contributed by atoms with Crippen LogP contribution in [0.5, 0.6) is 40.2 Å². The van der Waals surface area contributed by atoms with Crippen LogP contribution < -0.4 is 38.5 Å². The van der Waals surface area contributed by atoms with Gasteiger partial charge in [0.05, 0.1) is 55.5 Å². The number of hydrogen-bond acceptors (Lipinski definition) is 8. The van der Waals surface area contributed by atoms with Gasteiger partial charge in [0, 0.05) is 6.08 Å². The number of hydrogen-bond donors (Lipinski definition) is 1. The standard InChI is InChI=1S/C30H33NO8/c1-33-23-12-10-19(8-9-20-15-24(34-2)29(38-6)25(16-20)35-3)14-22(23)31-28(32)13-11-21-17-26(36-4)30(39-7)27(18-21)37-5/h8-18H,1-7H3,(H,31,32)/b9-8?,13-11+. The van der Waals surface area contributed by atoms with Gasteiger partial charge in [-0.3, -0.25) is 4.79 Å². The van der Waals surface area contributed by atoms with E-state index in [1.165, 1.54) is 27.4 Å². The second-order valence-electron chi connectivity index (χ2n) is 8.03. The van der Waals surface area contributed by atoms with Crippen LogP contribution in [0.2, 0.25) is 0 Å². The zero-order valence-electron chi connectivity index (χ0n) is 23.1. The van der Waals surface area contributed by atoms with Crippen LogP contribution in [-0.2, 0) is 4.79 Å². The Labute approximate surface area is 228 Å². The lowest BCUT2D eigenvalue weighted by atomic mass is 10.1. The first-order valence-corrected chi connectivity index (χ1v) is 11.9. The van der Waals surface area contributed by atoms with E-state index in [1.54, 1.807) is 52.7 Å². The largest absolute Gasteiger partial charge is 0.495 e. The quantitative estimate of drug-likeness (QED) is 0.238. The Hall–Kier alpha value is -4.79. The van der Waals surface area contributed by atoms with Crippen LogP contribution >= 0.6 is 0 Å². The third-order valence-corrected chi connectivity index (χ3v) is 5.75. The van der Waals surface area contributed by atoms with E-state index >= 15 is 0 Å². The average Bonchev–Trinajstić information content (AvgIpc) is 2.97. The molecule has 3 aromatic carbocycles. The summed E-state index contributed by atoms with van der Waals surface area (Å²) in [5.74, 6) is 3.27. The summed E-state index contributed by atoms with van der Waals surface area (Å²) in [6, 6.07) is 12.7. The van der Waals surface area contributed by atoms with E-state index < -0.39 is 0 Å². The van der Waals surface area contributed by atoms with Gasteiger partial charge in [-0.15, -0.1) is 0 Å². The van der Waals surface area contributed by atoms with Crippen molar-refractivity contribution in [3.63, 3.8) is 0 Å². The number of rotatable bonds is 12. The molecule has 1 N–H and O–H groups in total. The third-order valence-electron chi connectivity index (χ3n) is 5.75. The van der Waals surface area contributed by atoms with E-state index in [2.05, 4.69) is 5.32 Å². The van der Waals surface area contributed by atoms with Crippen molar-refractivity contribution in [2.45, 2.75) is 0 Å². The van der Waals surface area contributed by atoms with Crippen molar-refractivity contribution >= 4 is 29.8 Å². The highest BCUT2D eigenvalue weighted by atomic mass is 16.5. The van der Waals surface area contributed by atoms with Crippen molar-refractivity contribution in [3.05, 3.63) is 65.2 Å². The smallest absolute Gasteiger partial charge is 0.248 e. The van der Waals surface area contributed by atoms with Crippen LogP contribution in [0.15, 0.2) is 48.5 Å². The molecular formula is C30H33NO8. The van der Waals surface area contributed by atoms with Gasteiger partial charge in [-0.1, -0.05) is 18.2 Å². The molecule has 206 valence electrons. The molecule has 0 spiro atoms. The average molecular weight is 536 g/mol. The summed E-state index contributed by atoms with van der Waals surface area (Å²) < 4.78 is 37.8. The molecule has 0 saturated heterocycles. The molecule has 0 aromatic heterocycles. The van der Waals surface area contributed by atoms with Crippen molar-refractivity contribution in [2.24, 2.45) is 0 Å². The number of ether oxygens (including phenoxy) is 7. The minimum absolute atomic E-state index is 0.340. The molecule has 0 unspecified atom stereocenters. The molecular weight excluding hydrogens is 502 g/mol.